The second kappa shape index (κ2) is 11.7. The maximum atomic E-state index is 17.4. The summed E-state index contributed by atoms with van der Waals surface area (Å²) >= 11 is 6.80. The van der Waals surface area contributed by atoms with E-state index in [0.717, 1.165) is 22.8 Å². The van der Waals surface area contributed by atoms with Gasteiger partial charge in [0.1, 0.15) is 23.7 Å². The quantitative estimate of drug-likeness (QED) is 0.234. The average Bonchev–Trinajstić information content (AvgIpc) is 3.10. The number of aromatic hydroxyl groups is 1. The van der Waals surface area contributed by atoms with Crippen molar-refractivity contribution in [2.75, 3.05) is 30.3 Å². The molecule has 2 aromatic heterocycles. The van der Waals surface area contributed by atoms with Crippen LogP contribution in [0.3, 0.4) is 0 Å². The first kappa shape index (κ1) is 32.5. The van der Waals surface area contributed by atoms with E-state index in [2.05, 4.69) is 21.5 Å². The molecule has 1 fully saturated rings. The Labute approximate surface area is 274 Å². The summed E-state index contributed by atoms with van der Waals surface area (Å²) in [6.45, 7) is 10.9. The second-order valence-corrected chi connectivity index (χ2v) is 14.5. The summed E-state index contributed by atoms with van der Waals surface area (Å²) in [7, 11) is -4.47. The Balaban J connectivity index is 1.85. The Hall–Kier alpha value is -4.43. The van der Waals surface area contributed by atoms with Crippen LogP contribution in [0, 0.1) is 11.6 Å². The van der Waals surface area contributed by atoms with E-state index in [1.165, 1.54) is 17.3 Å². The van der Waals surface area contributed by atoms with E-state index in [0.29, 0.717) is 11.4 Å². The third-order valence-corrected chi connectivity index (χ3v) is 10.9. The van der Waals surface area contributed by atoms with Crippen molar-refractivity contribution in [1.29, 1.82) is 0 Å². The molecule has 0 spiro atoms. The van der Waals surface area contributed by atoms with Crippen LogP contribution in [-0.4, -0.2) is 75.3 Å². The molecule has 2 aliphatic heterocycles. The Morgan fingerprint density at radius 2 is 1.77 bits per heavy atom. The summed E-state index contributed by atoms with van der Waals surface area (Å²) in [6, 6.07) is 2.37. The minimum Gasteiger partial charge on any atom is -0.507 e. The normalized spacial score (nSPS) is 17.3. The molecule has 47 heavy (non-hydrogen) atoms. The highest BCUT2D eigenvalue weighted by Crippen LogP contribution is 2.49. The number of aromatic nitrogens is 4. The molecular weight excluding hydrogens is 654 g/mol. The predicted molar refractivity (Wildman–Crippen MR) is 173 cm³/mol. The number of hydrogen-bond acceptors (Lipinski definition) is 9. The lowest BCUT2D eigenvalue weighted by Crippen LogP contribution is -2.57. The van der Waals surface area contributed by atoms with Crippen molar-refractivity contribution in [2.45, 2.75) is 50.5 Å². The molecule has 4 heterocycles. The van der Waals surface area contributed by atoms with Crippen molar-refractivity contribution >= 4 is 44.1 Å². The van der Waals surface area contributed by atoms with E-state index < -0.39 is 77.2 Å². The first-order chi connectivity index (χ1) is 22.2. The Kier molecular flexibility index (Phi) is 8.07. The number of fused-ring (bicyclic) bond motifs is 2. The summed E-state index contributed by atoms with van der Waals surface area (Å²) in [6.07, 6.45) is 2.45. The third kappa shape index (κ3) is 5.05. The molecule has 0 radical (unpaired) electrons. The maximum absolute atomic E-state index is 17.4. The number of carbonyl (C=O) groups excluding carboxylic acids is 1. The van der Waals surface area contributed by atoms with E-state index in [-0.39, 0.29) is 48.4 Å². The summed E-state index contributed by atoms with van der Waals surface area (Å²) in [5.74, 6) is -4.79. The lowest BCUT2D eigenvalue weighted by Gasteiger charge is -2.41. The number of phenols is 1. The lowest BCUT2D eigenvalue weighted by molar-refractivity contribution is -0.126. The number of rotatable bonds is 5. The molecule has 0 saturated carbocycles. The molecule has 1 atom stereocenters. The highest BCUT2D eigenvalue weighted by Gasteiger charge is 2.43. The zero-order valence-corrected chi connectivity index (χ0v) is 27.5. The van der Waals surface area contributed by atoms with Gasteiger partial charge in [0, 0.05) is 25.2 Å². The monoisotopic (exact) mass is 684 g/mol. The van der Waals surface area contributed by atoms with Crippen LogP contribution in [0.2, 0.25) is 5.02 Å². The van der Waals surface area contributed by atoms with Crippen LogP contribution in [0.5, 0.6) is 5.75 Å². The smallest absolute Gasteiger partial charge is 0.354 e. The molecular formula is C32H31ClF2N6O5S. The molecule has 15 heteroatoms. The topological polar surface area (TPSA) is 139 Å². The lowest BCUT2D eigenvalue weighted by atomic mass is 9.98. The first-order valence-corrected chi connectivity index (χ1v) is 16.9. The van der Waals surface area contributed by atoms with Gasteiger partial charge in [-0.15, -0.1) is 0 Å². The Morgan fingerprint density at radius 3 is 2.36 bits per heavy atom. The van der Waals surface area contributed by atoms with E-state index in [1.54, 1.807) is 4.90 Å². The van der Waals surface area contributed by atoms with Gasteiger partial charge in [0.2, 0.25) is 5.91 Å². The van der Waals surface area contributed by atoms with E-state index in [9.17, 15) is 23.1 Å². The molecule has 6 rings (SSSR count). The van der Waals surface area contributed by atoms with Crippen molar-refractivity contribution in [3.63, 3.8) is 0 Å². The fourth-order valence-electron chi connectivity index (χ4n) is 6.48. The summed E-state index contributed by atoms with van der Waals surface area (Å²) in [4.78, 5) is 42.4. The zero-order valence-electron chi connectivity index (χ0n) is 26.0. The number of hydrogen-bond donors (Lipinski definition) is 1. The number of benzene rings is 2. The first-order valence-electron chi connectivity index (χ1n) is 14.9. The predicted octanol–water partition coefficient (Wildman–Crippen LogP) is 4.72. The van der Waals surface area contributed by atoms with Crippen molar-refractivity contribution in [3.05, 3.63) is 75.7 Å². The minimum absolute atomic E-state index is 0.0583. The van der Waals surface area contributed by atoms with Crippen LogP contribution in [0.15, 0.2) is 46.9 Å². The number of amides is 1. The van der Waals surface area contributed by atoms with Gasteiger partial charge in [-0.1, -0.05) is 51.9 Å². The molecule has 1 unspecified atom stereocenters. The molecule has 1 amide bonds. The van der Waals surface area contributed by atoms with Crippen molar-refractivity contribution in [2.24, 2.45) is 0 Å². The molecule has 246 valence electrons. The number of halogens is 3. The van der Waals surface area contributed by atoms with Gasteiger partial charge >= 0.3 is 5.69 Å². The van der Waals surface area contributed by atoms with Gasteiger partial charge < -0.3 is 14.9 Å². The van der Waals surface area contributed by atoms with E-state index >= 15 is 8.78 Å². The number of piperazine rings is 1. The highest BCUT2D eigenvalue weighted by atomic mass is 35.5. The minimum atomic E-state index is -4.47. The van der Waals surface area contributed by atoms with Gasteiger partial charge in [0.25, 0.3) is 0 Å². The maximum Gasteiger partial charge on any atom is 0.354 e. The summed E-state index contributed by atoms with van der Waals surface area (Å²) < 4.78 is 62.6. The number of phenolic OH excluding ortho intramolecular Hbond substituents is 1. The van der Waals surface area contributed by atoms with Gasteiger partial charge in [-0.2, -0.15) is 4.98 Å². The molecule has 2 aromatic carbocycles. The molecule has 0 aliphatic carbocycles. The Bertz CT molecular complexity index is 2130. The number of anilines is 1. The summed E-state index contributed by atoms with van der Waals surface area (Å²) in [5.41, 5.74) is -2.09. The van der Waals surface area contributed by atoms with Gasteiger partial charge in [0.05, 0.1) is 55.3 Å². The number of nitrogens with zero attached hydrogens (tertiary/aromatic N) is 6. The van der Waals surface area contributed by atoms with E-state index in [1.807, 2.05) is 27.7 Å². The van der Waals surface area contributed by atoms with Gasteiger partial charge in [-0.05, 0) is 30.0 Å². The standard InChI is InChI=1S/C32H31ClF2N6O5S/c1-6-20(43)39-10-11-40-17(12-39)13-47(45,46)30-23-28(25(35)22(24(30)33)21-18(34)8-7-9-19(21)42)41(32(44)38-31(23)40)29-26(15(2)3)36-14-37-27(29)16(4)5/h6-9,14-17,42H,1,10-13H2,2-5H3. The largest absolute Gasteiger partial charge is 0.507 e. The van der Waals surface area contributed by atoms with Crippen LogP contribution in [-0.2, 0) is 14.6 Å². The molecule has 1 saturated heterocycles. The van der Waals surface area contributed by atoms with Crippen molar-refractivity contribution in [3.8, 4) is 22.6 Å². The fraction of sp³-hybridized carbons (Fsp3) is 0.344. The Morgan fingerprint density at radius 1 is 1.11 bits per heavy atom. The highest BCUT2D eigenvalue weighted by molar-refractivity contribution is 7.91. The second-order valence-electron chi connectivity index (χ2n) is 12.2. The van der Waals surface area contributed by atoms with Crippen LogP contribution in [0.4, 0.5) is 14.6 Å². The molecule has 4 aromatic rings. The fourth-order valence-corrected chi connectivity index (χ4v) is 8.93. The molecule has 1 N–H and O–H groups in total. The average molecular weight is 685 g/mol. The molecule has 11 nitrogen and oxygen atoms in total. The van der Waals surface area contributed by atoms with Crippen molar-refractivity contribution in [1.82, 2.24) is 24.4 Å². The van der Waals surface area contributed by atoms with Crippen LogP contribution in [0.1, 0.15) is 50.9 Å². The van der Waals surface area contributed by atoms with Gasteiger partial charge in [0.15, 0.2) is 15.7 Å². The van der Waals surface area contributed by atoms with E-state index in [4.69, 9.17) is 11.6 Å². The number of carbonyl (C=O) groups is 1. The molecule has 2 aliphatic rings. The zero-order chi connectivity index (χ0) is 34.1. The number of sulfone groups is 1. The third-order valence-electron chi connectivity index (χ3n) is 8.55. The SMILES string of the molecule is C=CC(=O)N1CCN2c3nc(=O)n(-c4c(C(C)C)ncnc4C(C)C)c4c(F)c(-c5c(O)cccc5F)c(Cl)c(c34)S(=O)(=O)CC2C1. The summed E-state index contributed by atoms with van der Waals surface area (Å²) in [5, 5.41) is 9.80. The van der Waals surface area contributed by atoms with Crippen LogP contribution < -0.4 is 10.6 Å². The van der Waals surface area contributed by atoms with Gasteiger partial charge in [-0.3, -0.25) is 9.36 Å². The van der Waals surface area contributed by atoms with Crippen LogP contribution >= 0.6 is 11.6 Å². The van der Waals surface area contributed by atoms with Crippen molar-refractivity contribution < 1.29 is 27.1 Å². The molecule has 0 bridgehead atoms. The van der Waals surface area contributed by atoms with Crippen LogP contribution in [0.25, 0.3) is 27.7 Å². The van der Waals surface area contributed by atoms with Gasteiger partial charge in [-0.25, -0.2) is 32.0 Å².